The van der Waals surface area contributed by atoms with Crippen LogP contribution in [0.3, 0.4) is 0 Å². The molecule has 0 amide bonds. The van der Waals surface area contributed by atoms with Gasteiger partial charge in [-0.3, -0.25) is 0 Å². The molecule has 1 aromatic rings. The Bertz CT molecular complexity index is 469. The average Bonchev–Trinajstić information content (AvgIpc) is 2.30. The highest BCUT2D eigenvalue weighted by Gasteiger charge is 2.26. The molecular formula is C14H20ClNO2S. The predicted octanol–water partition coefficient (Wildman–Crippen LogP) is 3.81. The maximum Gasteiger partial charge on any atom is 0.144 e. The van der Waals surface area contributed by atoms with Gasteiger partial charge >= 0.3 is 0 Å². The summed E-state index contributed by atoms with van der Waals surface area (Å²) in [6.45, 7) is 7.59. The van der Waals surface area contributed by atoms with Crippen LogP contribution in [0.15, 0.2) is 22.6 Å². The van der Waals surface area contributed by atoms with Gasteiger partial charge in [0.1, 0.15) is 21.9 Å². The van der Waals surface area contributed by atoms with E-state index in [0.717, 1.165) is 17.0 Å². The first-order valence-corrected chi connectivity index (χ1v) is 7.51. The Balaban J connectivity index is 2.88. The Hall–Kier alpha value is -0.710. The molecule has 0 aromatic heterocycles. The molecule has 1 unspecified atom stereocenters. The van der Waals surface area contributed by atoms with E-state index in [1.54, 1.807) is 13.2 Å². The topological polar surface area (TPSA) is 44.6 Å². The molecule has 0 N–H and O–H groups in total. The second-order valence-electron chi connectivity index (χ2n) is 5.32. The van der Waals surface area contributed by atoms with Crippen molar-refractivity contribution in [3.05, 3.63) is 28.8 Å². The first-order valence-electron chi connectivity index (χ1n) is 6.02. The van der Waals surface area contributed by atoms with Gasteiger partial charge in [-0.05, 0) is 45.4 Å². The van der Waals surface area contributed by atoms with Crippen molar-refractivity contribution >= 4 is 28.7 Å². The van der Waals surface area contributed by atoms with E-state index in [4.69, 9.17) is 16.3 Å². The summed E-state index contributed by atoms with van der Waals surface area (Å²) in [5, 5.41) is 0.633. The zero-order chi connectivity index (χ0) is 14.6. The number of hydrogen-bond acceptors (Lipinski definition) is 3. The van der Waals surface area contributed by atoms with Gasteiger partial charge in [-0.25, -0.2) is 0 Å². The van der Waals surface area contributed by atoms with Crippen molar-refractivity contribution in [2.75, 3.05) is 7.11 Å². The summed E-state index contributed by atoms with van der Waals surface area (Å²) in [5.41, 5.74) is 1.80. The maximum absolute atomic E-state index is 11.9. The minimum Gasteiger partial charge on any atom is -0.591 e. The molecule has 3 nitrogen and oxygen atoms in total. The molecular weight excluding hydrogens is 282 g/mol. The third-order valence-electron chi connectivity index (χ3n) is 2.46. The van der Waals surface area contributed by atoms with Crippen molar-refractivity contribution in [1.29, 1.82) is 0 Å². The molecule has 0 saturated carbocycles. The number of nitrogens with zero attached hydrogens (tertiary/aromatic N) is 1. The Morgan fingerprint density at radius 3 is 2.58 bits per heavy atom. The lowest BCUT2D eigenvalue weighted by atomic mass is 10.1. The molecule has 106 valence electrons. The van der Waals surface area contributed by atoms with Crippen LogP contribution in [-0.4, -0.2) is 22.1 Å². The second kappa shape index (κ2) is 6.64. The standard InChI is InChI=1S/C14H20ClNO2S/c1-10(16-19(17)14(2,3)4)8-11-6-7-12(15)9-13(11)18-5/h6-7,9H,8H2,1-5H3/b16-10-. The van der Waals surface area contributed by atoms with Gasteiger partial charge < -0.3 is 9.29 Å². The van der Waals surface area contributed by atoms with Crippen LogP contribution < -0.4 is 4.74 Å². The van der Waals surface area contributed by atoms with E-state index in [-0.39, 0.29) is 4.75 Å². The van der Waals surface area contributed by atoms with Crippen LogP contribution in [-0.2, 0) is 17.8 Å². The van der Waals surface area contributed by atoms with Crippen LogP contribution in [0.2, 0.25) is 5.02 Å². The van der Waals surface area contributed by atoms with Crippen molar-refractivity contribution in [2.24, 2.45) is 4.40 Å². The van der Waals surface area contributed by atoms with Gasteiger partial charge in [0.2, 0.25) is 0 Å². The van der Waals surface area contributed by atoms with E-state index in [1.165, 1.54) is 0 Å². The lowest BCUT2D eigenvalue weighted by Gasteiger charge is -2.19. The molecule has 5 heteroatoms. The Morgan fingerprint density at radius 1 is 1.42 bits per heavy atom. The molecule has 0 aliphatic carbocycles. The van der Waals surface area contributed by atoms with Gasteiger partial charge in [-0.2, -0.15) is 0 Å². The number of ether oxygens (including phenoxy) is 1. The molecule has 1 aromatic carbocycles. The first kappa shape index (κ1) is 16.3. The lowest BCUT2D eigenvalue weighted by Crippen LogP contribution is -2.26. The molecule has 19 heavy (non-hydrogen) atoms. The summed E-state index contributed by atoms with van der Waals surface area (Å²) in [7, 11) is 1.61. The normalized spacial score (nSPS) is 14.4. The van der Waals surface area contributed by atoms with Crippen molar-refractivity contribution in [1.82, 2.24) is 0 Å². The summed E-state index contributed by atoms with van der Waals surface area (Å²) in [4.78, 5) is 0. The summed E-state index contributed by atoms with van der Waals surface area (Å²) >= 11 is 4.68. The zero-order valence-electron chi connectivity index (χ0n) is 12.0. The highest BCUT2D eigenvalue weighted by molar-refractivity contribution is 7.91. The van der Waals surface area contributed by atoms with E-state index in [0.29, 0.717) is 11.4 Å². The third kappa shape index (κ3) is 5.05. The van der Waals surface area contributed by atoms with Crippen LogP contribution in [0.4, 0.5) is 0 Å². The van der Waals surface area contributed by atoms with Crippen LogP contribution in [0, 0.1) is 0 Å². The number of halogens is 1. The molecule has 1 rings (SSSR count). The van der Waals surface area contributed by atoms with Crippen LogP contribution in [0.5, 0.6) is 5.75 Å². The molecule has 0 aliphatic rings. The molecule has 0 heterocycles. The fraction of sp³-hybridized carbons (Fsp3) is 0.500. The van der Waals surface area contributed by atoms with E-state index in [1.807, 2.05) is 39.8 Å². The summed E-state index contributed by atoms with van der Waals surface area (Å²) in [6.07, 6.45) is 0.599. The SMILES string of the molecule is COc1cc(Cl)ccc1C/C(C)=N\[S+]([O-])C(C)(C)C. The smallest absolute Gasteiger partial charge is 0.144 e. The van der Waals surface area contributed by atoms with Crippen molar-refractivity contribution in [3.63, 3.8) is 0 Å². The largest absolute Gasteiger partial charge is 0.591 e. The van der Waals surface area contributed by atoms with Gasteiger partial charge in [0, 0.05) is 11.4 Å². The molecule has 0 radical (unpaired) electrons. The van der Waals surface area contributed by atoms with Crippen molar-refractivity contribution < 1.29 is 9.29 Å². The first-order chi connectivity index (χ1) is 8.74. The maximum atomic E-state index is 11.9. The predicted molar refractivity (Wildman–Crippen MR) is 82.7 cm³/mol. The highest BCUT2D eigenvalue weighted by atomic mass is 35.5. The molecule has 1 atom stereocenters. The minimum absolute atomic E-state index is 0.342. The van der Waals surface area contributed by atoms with E-state index in [2.05, 4.69) is 4.40 Å². The van der Waals surface area contributed by atoms with Gasteiger partial charge in [-0.15, -0.1) is 0 Å². The molecule has 0 spiro atoms. The fourth-order valence-electron chi connectivity index (χ4n) is 1.45. The van der Waals surface area contributed by atoms with Crippen LogP contribution in [0.1, 0.15) is 33.3 Å². The van der Waals surface area contributed by atoms with E-state index >= 15 is 0 Å². The minimum atomic E-state index is -1.23. The summed E-state index contributed by atoms with van der Waals surface area (Å²) in [5.74, 6) is 0.726. The Labute approximate surface area is 123 Å². The van der Waals surface area contributed by atoms with Crippen LogP contribution in [0.25, 0.3) is 0 Å². The van der Waals surface area contributed by atoms with Crippen molar-refractivity contribution in [2.45, 2.75) is 38.9 Å². The average molecular weight is 302 g/mol. The van der Waals surface area contributed by atoms with E-state index in [9.17, 15) is 4.55 Å². The second-order valence-corrected chi connectivity index (χ2v) is 7.66. The molecule has 0 fully saturated rings. The van der Waals surface area contributed by atoms with Crippen molar-refractivity contribution in [3.8, 4) is 5.75 Å². The Kier molecular flexibility index (Phi) is 5.71. The summed E-state index contributed by atoms with van der Waals surface area (Å²) in [6, 6.07) is 5.48. The fourth-order valence-corrected chi connectivity index (χ4v) is 2.23. The quantitative estimate of drug-likeness (QED) is 0.627. The van der Waals surface area contributed by atoms with E-state index < -0.39 is 11.4 Å². The molecule has 0 bridgehead atoms. The van der Waals surface area contributed by atoms with Gasteiger partial charge in [0.05, 0.1) is 12.8 Å². The van der Waals surface area contributed by atoms with Crippen LogP contribution >= 0.6 is 11.6 Å². The highest BCUT2D eigenvalue weighted by Crippen LogP contribution is 2.24. The molecule has 0 aliphatic heterocycles. The number of rotatable bonds is 4. The van der Waals surface area contributed by atoms with Gasteiger partial charge in [0.25, 0.3) is 0 Å². The van der Waals surface area contributed by atoms with Gasteiger partial charge in [0.15, 0.2) is 0 Å². The number of benzene rings is 1. The molecule has 0 saturated heterocycles. The third-order valence-corrected chi connectivity index (χ3v) is 4.22. The Morgan fingerprint density at radius 2 is 2.05 bits per heavy atom. The van der Waals surface area contributed by atoms with Gasteiger partial charge in [-0.1, -0.05) is 22.1 Å². The number of hydrogen-bond donors (Lipinski definition) is 0. The lowest BCUT2D eigenvalue weighted by molar-refractivity contribution is 0.411. The number of methoxy groups -OCH3 is 1. The zero-order valence-corrected chi connectivity index (χ0v) is 13.6. The monoisotopic (exact) mass is 301 g/mol. The summed E-state index contributed by atoms with van der Waals surface area (Å²) < 4.78 is 21.1.